The van der Waals surface area contributed by atoms with Gasteiger partial charge in [0.1, 0.15) is 18.4 Å². The molecule has 0 saturated carbocycles. The summed E-state index contributed by atoms with van der Waals surface area (Å²) in [6, 6.07) is 9.18. The fourth-order valence-corrected chi connectivity index (χ4v) is 1.63. The first-order valence-electron chi connectivity index (χ1n) is 6.33. The average molecular weight is 277 g/mol. The smallest absolute Gasteiger partial charge is 0.408 e. The molecule has 108 valence electrons. The fourth-order valence-electron chi connectivity index (χ4n) is 1.63. The third-order valence-corrected chi connectivity index (χ3v) is 2.87. The van der Waals surface area contributed by atoms with E-state index in [2.05, 4.69) is 11.9 Å². The molecule has 0 radical (unpaired) electrons. The summed E-state index contributed by atoms with van der Waals surface area (Å²) in [6.45, 7) is 3.17. The Labute approximate surface area is 118 Å². The predicted octanol–water partition coefficient (Wildman–Crippen LogP) is 1.81. The van der Waals surface area contributed by atoms with Gasteiger partial charge in [-0.05, 0) is 18.4 Å². The number of benzene rings is 1. The van der Waals surface area contributed by atoms with Gasteiger partial charge < -0.3 is 20.0 Å². The van der Waals surface area contributed by atoms with Crippen molar-refractivity contribution in [2.45, 2.75) is 25.0 Å². The molecule has 0 saturated heterocycles. The highest BCUT2D eigenvalue weighted by molar-refractivity contribution is 5.76. The van der Waals surface area contributed by atoms with Crippen LogP contribution in [0.4, 0.5) is 4.79 Å². The third-order valence-electron chi connectivity index (χ3n) is 2.87. The second kappa shape index (κ2) is 8.12. The normalized spacial score (nSPS) is 13.1. The molecule has 1 aromatic rings. The van der Waals surface area contributed by atoms with Crippen molar-refractivity contribution in [2.24, 2.45) is 0 Å². The van der Waals surface area contributed by atoms with Crippen LogP contribution in [0, 0.1) is 0 Å². The summed E-state index contributed by atoms with van der Waals surface area (Å²) in [7, 11) is 0. The van der Waals surface area contributed by atoms with Crippen molar-refractivity contribution in [1.82, 2.24) is 5.32 Å². The number of carbonyl (C=O) groups is 2. The van der Waals surface area contributed by atoms with Crippen molar-refractivity contribution in [1.29, 1.82) is 0 Å². The summed E-state index contributed by atoms with van der Waals surface area (Å²) in [5, 5.41) is 11.7. The minimum absolute atomic E-state index is 0.106. The number of allylic oxidation sites excluding steroid dienone is 1. The zero-order valence-corrected chi connectivity index (χ0v) is 11.2. The molecule has 0 spiro atoms. The topological polar surface area (TPSA) is 75.6 Å². The molecule has 0 aromatic heterocycles. The zero-order valence-electron chi connectivity index (χ0n) is 11.2. The van der Waals surface area contributed by atoms with Gasteiger partial charge in [0.25, 0.3) is 0 Å². The van der Waals surface area contributed by atoms with E-state index in [9.17, 15) is 14.7 Å². The Morgan fingerprint density at radius 1 is 1.40 bits per heavy atom. The number of carbonyl (C=O) groups excluding carboxylic acids is 2. The standard InChI is InChI=1S/C15H19NO4/c1-2-3-9-15(11-17,12-18)16-14(19)20-10-13-7-5-4-6-8-13/h2,4-8,11,18H,1,3,9-10,12H2,(H,16,19). The summed E-state index contributed by atoms with van der Waals surface area (Å²) < 4.78 is 5.02. The first kappa shape index (κ1) is 15.9. The first-order chi connectivity index (χ1) is 9.65. The van der Waals surface area contributed by atoms with Crippen LogP contribution in [0.1, 0.15) is 18.4 Å². The number of hydrogen-bond acceptors (Lipinski definition) is 4. The molecule has 1 unspecified atom stereocenters. The number of ether oxygens (including phenoxy) is 1. The van der Waals surface area contributed by atoms with Crippen molar-refractivity contribution < 1.29 is 19.4 Å². The second-order valence-electron chi connectivity index (χ2n) is 4.45. The van der Waals surface area contributed by atoms with Crippen LogP contribution in [0.5, 0.6) is 0 Å². The van der Waals surface area contributed by atoms with Crippen LogP contribution in [0.15, 0.2) is 43.0 Å². The predicted molar refractivity (Wildman–Crippen MR) is 75.1 cm³/mol. The number of aliphatic hydroxyl groups excluding tert-OH is 1. The van der Waals surface area contributed by atoms with E-state index >= 15 is 0 Å². The number of aliphatic hydroxyl groups is 1. The molecule has 20 heavy (non-hydrogen) atoms. The van der Waals surface area contributed by atoms with Gasteiger partial charge >= 0.3 is 6.09 Å². The molecule has 0 aliphatic rings. The molecule has 5 heteroatoms. The minimum atomic E-state index is -1.32. The molecule has 0 aliphatic carbocycles. The van der Waals surface area contributed by atoms with Crippen LogP contribution in [0.25, 0.3) is 0 Å². The van der Waals surface area contributed by atoms with Crippen molar-refractivity contribution >= 4 is 12.4 Å². The maximum absolute atomic E-state index is 11.7. The molecule has 1 aromatic carbocycles. The van der Waals surface area contributed by atoms with Crippen molar-refractivity contribution in [3.05, 3.63) is 48.6 Å². The highest BCUT2D eigenvalue weighted by Crippen LogP contribution is 2.11. The molecule has 0 heterocycles. The van der Waals surface area contributed by atoms with E-state index in [-0.39, 0.29) is 13.0 Å². The Morgan fingerprint density at radius 2 is 2.10 bits per heavy atom. The number of amides is 1. The van der Waals surface area contributed by atoms with Gasteiger partial charge in [-0.3, -0.25) is 0 Å². The van der Waals surface area contributed by atoms with Gasteiger partial charge in [-0.2, -0.15) is 0 Å². The summed E-state index contributed by atoms with van der Waals surface area (Å²) >= 11 is 0. The lowest BCUT2D eigenvalue weighted by Gasteiger charge is -2.26. The van der Waals surface area contributed by atoms with Gasteiger partial charge in [-0.1, -0.05) is 36.4 Å². The molecular formula is C15H19NO4. The number of rotatable bonds is 8. The highest BCUT2D eigenvalue weighted by Gasteiger charge is 2.30. The molecule has 1 amide bonds. The van der Waals surface area contributed by atoms with Gasteiger partial charge in [0.2, 0.25) is 0 Å². The van der Waals surface area contributed by atoms with Gasteiger partial charge in [0.05, 0.1) is 6.61 Å². The quantitative estimate of drug-likeness (QED) is 0.561. The van der Waals surface area contributed by atoms with Crippen LogP contribution in [0.3, 0.4) is 0 Å². The third kappa shape index (κ3) is 4.85. The second-order valence-corrected chi connectivity index (χ2v) is 4.45. The summed E-state index contributed by atoms with van der Waals surface area (Å²) in [6.07, 6.45) is 2.18. The molecule has 0 bridgehead atoms. The first-order valence-corrected chi connectivity index (χ1v) is 6.33. The van der Waals surface area contributed by atoms with E-state index < -0.39 is 18.2 Å². The van der Waals surface area contributed by atoms with Gasteiger partial charge in [-0.25, -0.2) is 4.79 Å². The van der Waals surface area contributed by atoms with Gasteiger partial charge in [0, 0.05) is 0 Å². The van der Waals surface area contributed by atoms with Crippen molar-refractivity contribution in [3.8, 4) is 0 Å². The maximum Gasteiger partial charge on any atom is 0.408 e. The van der Waals surface area contributed by atoms with Gasteiger partial charge in [0.15, 0.2) is 0 Å². The maximum atomic E-state index is 11.7. The lowest BCUT2D eigenvalue weighted by Crippen LogP contribution is -2.52. The Balaban J connectivity index is 2.53. The lowest BCUT2D eigenvalue weighted by molar-refractivity contribution is -0.115. The molecule has 0 aliphatic heterocycles. The van der Waals surface area contributed by atoms with E-state index in [1.807, 2.05) is 30.3 Å². The summed E-state index contributed by atoms with van der Waals surface area (Å²) in [5.41, 5.74) is -0.475. The highest BCUT2D eigenvalue weighted by atomic mass is 16.5. The van der Waals surface area contributed by atoms with E-state index in [1.54, 1.807) is 6.08 Å². The molecule has 0 fully saturated rings. The number of hydrogen-bond donors (Lipinski definition) is 2. The Morgan fingerprint density at radius 3 is 2.65 bits per heavy atom. The van der Waals surface area contributed by atoms with E-state index in [4.69, 9.17) is 4.74 Å². The Bertz CT molecular complexity index is 446. The summed E-state index contributed by atoms with van der Waals surface area (Å²) in [5.74, 6) is 0. The molecular weight excluding hydrogens is 258 g/mol. The molecule has 2 N–H and O–H groups in total. The minimum Gasteiger partial charge on any atom is -0.445 e. The molecule has 1 rings (SSSR count). The molecule has 1 atom stereocenters. The SMILES string of the molecule is C=CCCC(C=O)(CO)NC(=O)OCc1ccccc1. The Hall–Kier alpha value is -2.14. The number of aldehydes is 1. The van der Waals surface area contributed by atoms with Crippen molar-refractivity contribution in [3.63, 3.8) is 0 Å². The Kier molecular flexibility index (Phi) is 6.46. The van der Waals surface area contributed by atoms with Crippen LogP contribution in [-0.4, -0.2) is 29.6 Å². The van der Waals surface area contributed by atoms with E-state index in [0.29, 0.717) is 12.7 Å². The molecule has 5 nitrogen and oxygen atoms in total. The monoisotopic (exact) mass is 277 g/mol. The van der Waals surface area contributed by atoms with Crippen LogP contribution in [0.2, 0.25) is 0 Å². The van der Waals surface area contributed by atoms with Crippen LogP contribution >= 0.6 is 0 Å². The lowest BCUT2D eigenvalue weighted by atomic mass is 9.96. The zero-order chi connectivity index (χ0) is 14.8. The van der Waals surface area contributed by atoms with Crippen LogP contribution < -0.4 is 5.32 Å². The van der Waals surface area contributed by atoms with Crippen LogP contribution in [-0.2, 0) is 16.1 Å². The van der Waals surface area contributed by atoms with Crippen molar-refractivity contribution in [2.75, 3.05) is 6.61 Å². The van der Waals surface area contributed by atoms with E-state index in [1.165, 1.54) is 0 Å². The number of alkyl carbamates (subject to hydrolysis) is 1. The summed E-state index contributed by atoms with van der Waals surface area (Å²) in [4.78, 5) is 22.8. The average Bonchev–Trinajstić information content (AvgIpc) is 2.50. The number of nitrogens with one attached hydrogen (secondary N) is 1. The van der Waals surface area contributed by atoms with Gasteiger partial charge in [-0.15, -0.1) is 6.58 Å². The largest absolute Gasteiger partial charge is 0.445 e. The van der Waals surface area contributed by atoms with E-state index in [0.717, 1.165) is 5.56 Å². The fraction of sp³-hybridized carbons (Fsp3) is 0.333.